The van der Waals surface area contributed by atoms with E-state index in [1.54, 1.807) is 24.4 Å². The highest BCUT2D eigenvalue weighted by atomic mass is 35.5. The summed E-state index contributed by atoms with van der Waals surface area (Å²) in [6, 6.07) is 9.51. The highest BCUT2D eigenvalue weighted by Crippen LogP contribution is 2.32. The summed E-state index contributed by atoms with van der Waals surface area (Å²) in [6.45, 7) is 1.59. The van der Waals surface area contributed by atoms with Crippen molar-refractivity contribution in [3.05, 3.63) is 68.0 Å². The monoisotopic (exact) mass is 403 g/mol. The molecule has 1 N–H and O–H groups in total. The van der Waals surface area contributed by atoms with Crippen LogP contribution in [-0.2, 0) is 0 Å². The Hall–Kier alpha value is -2.97. The molecule has 0 atom stereocenters. The van der Waals surface area contributed by atoms with Crippen LogP contribution in [0.3, 0.4) is 0 Å². The Morgan fingerprint density at radius 3 is 2.70 bits per heavy atom. The molecule has 0 saturated heterocycles. The SMILES string of the molecule is COc1ccc(-c2csc(NC(=O)c3ccc([N+](=O)[O-])c(C)c3)n2)cc1Cl. The first kappa shape index (κ1) is 18.8. The molecular formula is C18H14ClN3O4S. The molecule has 1 heterocycles. The predicted octanol–water partition coefficient (Wildman–Crippen LogP) is 4.94. The zero-order chi connectivity index (χ0) is 19.6. The van der Waals surface area contributed by atoms with Gasteiger partial charge in [-0.1, -0.05) is 11.6 Å². The van der Waals surface area contributed by atoms with Crippen LogP contribution < -0.4 is 10.1 Å². The third-order valence-corrected chi connectivity index (χ3v) is 4.88. The van der Waals surface area contributed by atoms with Crippen molar-refractivity contribution in [3.63, 3.8) is 0 Å². The van der Waals surface area contributed by atoms with Gasteiger partial charge in [-0.15, -0.1) is 11.3 Å². The van der Waals surface area contributed by atoms with Gasteiger partial charge in [0.25, 0.3) is 11.6 Å². The first-order valence-corrected chi connectivity index (χ1v) is 9.00. The highest BCUT2D eigenvalue weighted by molar-refractivity contribution is 7.14. The molecule has 1 aromatic heterocycles. The van der Waals surface area contributed by atoms with Crippen molar-refractivity contribution < 1.29 is 14.5 Å². The van der Waals surface area contributed by atoms with Gasteiger partial charge in [0.2, 0.25) is 0 Å². The Kier molecular flexibility index (Phi) is 5.38. The van der Waals surface area contributed by atoms with E-state index in [4.69, 9.17) is 16.3 Å². The maximum Gasteiger partial charge on any atom is 0.272 e. The van der Waals surface area contributed by atoms with E-state index in [2.05, 4.69) is 10.3 Å². The van der Waals surface area contributed by atoms with Crippen molar-refractivity contribution in [1.82, 2.24) is 4.98 Å². The van der Waals surface area contributed by atoms with E-state index in [1.807, 2.05) is 6.07 Å². The van der Waals surface area contributed by atoms with Gasteiger partial charge in [-0.25, -0.2) is 4.98 Å². The van der Waals surface area contributed by atoms with E-state index in [1.165, 1.54) is 36.6 Å². The minimum Gasteiger partial charge on any atom is -0.495 e. The van der Waals surface area contributed by atoms with E-state index in [-0.39, 0.29) is 11.6 Å². The van der Waals surface area contributed by atoms with E-state index in [0.29, 0.717) is 32.7 Å². The first-order valence-electron chi connectivity index (χ1n) is 7.75. The number of nitro groups is 1. The van der Waals surface area contributed by atoms with E-state index >= 15 is 0 Å². The number of aromatic nitrogens is 1. The lowest BCUT2D eigenvalue weighted by Crippen LogP contribution is -2.12. The smallest absolute Gasteiger partial charge is 0.272 e. The zero-order valence-corrected chi connectivity index (χ0v) is 15.9. The van der Waals surface area contributed by atoms with E-state index in [9.17, 15) is 14.9 Å². The second kappa shape index (κ2) is 7.73. The first-order chi connectivity index (χ1) is 12.9. The standard InChI is InChI=1S/C18H14ClN3O4S/c1-10-7-12(3-5-15(10)22(24)25)17(23)21-18-20-14(9-27-18)11-4-6-16(26-2)13(19)8-11/h3-9H,1-2H3,(H,20,21,23). The van der Waals surface area contributed by atoms with Crippen LogP contribution in [-0.4, -0.2) is 22.9 Å². The number of ether oxygens (including phenoxy) is 1. The lowest BCUT2D eigenvalue weighted by atomic mass is 10.1. The number of carbonyl (C=O) groups is 1. The number of carbonyl (C=O) groups excluding carboxylic acids is 1. The third-order valence-electron chi connectivity index (χ3n) is 3.83. The van der Waals surface area contributed by atoms with Gasteiger partial charge in [0.15, 0.2) is 5.13 Å². The summed E-state index contributed by atoms with van der Waals surface area (Å²) in [6.07, 6.45) is 0. The molecule has 9 heteroatoms. The largest absolute Gasteiger partial charge is 0.495 e. The molecule has 7 nitrogen and oxygen atoms in total. The molecule has 0 radical (unpaired) electrons. The minimum atomic E-state index is -0.482. The van der Waals surface area contributed by atoms with Crippen molar-refractivity contribution in [2.45, 2.75) is 6.92 Å². The van der Waals surface area contributed by atoms with Crippen molar-refractivity contribution in [3.8, 4) is 17.0 Å². The normalized spacial score (nSPS) is 10.5. The Balaban J connectivity index is 1.77. The van der Waals surface area contributed by atoms with Crippen LogP contribution in [0.1, 0.15) is 15.9 Å². The highest BCUT2D eigenvalue weighted by Gasteiger charge is 2.15. The minimum absolute atomic E-state index is 0.0283. The number of methoxy groups -OCH3 is 1. The molecule has 27 heavy (non-hydrogen) atoms. The molecule has 0 fully saturated rings. The summed E-state index contributed by atoms with van der Waals surface area (Å²) in [5, 5.41) is 16.3. The summed E-state index contributed by atoms with van der Waals surface area (Å²) < 4.78 is 5.13. The maximum atomic E-state index is 12.4. The number of hydrogen-bond donors (Lipinski definition) is 1. The van der Waals surface area contributed by atoms with Gasteiger partial charge < -0.3 is 4.74 Å². The summed E-state index contributed by atoms with van der Waals surface area (Å²) in [7, 11) is 1.54. The predicted molar refractivity (Wildman–Crippen MR) is 105 cm³/mol. The van der Waals surface area contributed by atoms with Crippen molar-refractivity contribution in [2.24, 2.45) is 0 Å². The molecule has 0 bridgehead atoms. The maximum absolute atomic E-state index is 12.4. The van der Waals surface area contributed by atoms with Gasteiger partial charge >= 0.3 is 0 Å². The summed E-state index contributed by atoms with van der Waals surface area (Å²) in [5.74, 6) is 0.180. The number of amides is 1. The number of aryl methyl sites for hydroxylation is 1. The number of rotatable bonds is 5. The fraction of sp³-hybridized carbons (Fsp3) is 0.111. The number of anilines is 1. The fourth-order valence-electron chi connectivity index (χ4n) is 2.46. The molecule has 0 aliphatic rings. The van der Waals surface area contributed by atoms with Crippen LogP contribution >= 0.6 is 22.9 Å². The van der Waals surface area contributed by atoms with E-state index < -0.39 is 4.92 Å². The molecule has 3 rings (SSSR count). The van der Waals surface area contributed by atoms with Gasteiger partial charge in [-0.3, -0.25) is 20.2 Å². The lowest BCUT2D eigenvalue weighted by molar-refractivity contribution is -0.385. The molecule has 3 aromatic rings. The number of halogens is 1. The lowest BCUT2D eigenvalue weighted by Gasteiger charge is -2.05. The number of nitrogens with zero attached hydrogens (tertiary/aromatic N) is 2. The van der Waals surface area contributed by atoms with Crippen LogP contribution in [0.25, 0.3) is 11.3 Å². The summed E-state index contributed by atoms with van der Waals surface area (Å²) in [4.78, 5) is 27.2. The van der Waals surface area contributed by atoms with Gasteiger partial charge in [0, 0.05) is 28.1 Å². The molecule has 0 spiro atoms. The summed E-state index contributed by atoms with van der Waals surface area (Å²) in [5.41, 5.74) is 2.17. The third kappa shape index (κ3) is 4.07. The average Bonchev–Trinajstić information content (AvgIpc) is 3.09. The number of benzene rings is 2. The molecule has 0 saturated carbocycles. The Morgan fingerprint density at radius 2 is 2.07 bits per heavy atom. The van der Waals surface area contributed by atoms with Gasteiger partial charge in [-0.2, -0.15) is 0 Å². The molecular weight excluding hydrogens is 390 g/mol. The van der Waals surface area contributed by atoms with Gasteiger partial charge in [-0.05, 0) is 37.3 Å². The summed E-state index contributed by atoms with van der Waals surface area (Å²) >= 11 is 7.40. The molecule has 0 aliphatic heterocycles. The molecule has 138 valence electrons. The van der Waals surface area contributed by atoms with Crippen LogP contribution in [0.4, 0.5) is 10.8 Å². The van der Waals surface area contributed by atoms with Gasteiger partial charge in [0.05, 0.1) is 22.7 Å². The molecule has 2 aromatic carbocycles. The van der Waals surface area contributed by atoms with Crippen LogP contribution in [0, 0.1) is 17.0 Å². The number of nitro benzene ring substituents is 1. The molecule has 0 aliphatic carbocycles. The number of hydrogen-bond acceptors (Lipinski definition) is 6. The van der Waals surface area contributed by atoms with Crippen molar-refractivity contribution in [1.29, 1.82) is 0 Å². The quantitative estimate of drug-likeness (QED) is 0.481. The molecule has 1 amide bonds. The van der Waals surface area contributed by atoms with Crippen molar-refractivity contribution >= 4 is 39.7 Å². The number of thiazole rings is 1. The Morgan fingerprint density at radius 1 is 1.30 bits per heavy atom. The topological polar surface area (TPSA) is 94.4 Å². The van der Waals surface area contributed by atoms with Crippen LogP contribution in [0.15, 0.2) is 41.8 Å². The van der Waals surface area contributed by atoms with E-state index in [0.717, 1.165) is 5.56 Å². The Labute approximate surface area is 163 Å². The van der Waals surface area contributed by atoms with Gasteiger partial charge in [0.1, 0.15) is 5.75 Å². The van der Waals surface area contributed by atoms with Crippen LogP contribution in [0.5, 0.6) is 5.75 Å². The Bertz CT molecular complexity index is 1040. The van der Waals surface area contributed by atoms with Crippen LogP contribution in [0.2, 0.25) is 5.02 Å². The second-order valence-electron chi connectivity index (χ2n) is 5.60. The molecule has 0 unspecified atom stereocenters. The van der Waals surface area contributed by atoms with Crippen molar-refractivity contribution in [2.75, 3.05) is 12.4 Å². The second-order valence-corrected chi connectivity index (χ2v) is 6.87. The average molecular weight is 404 g/mol. The fourth-order valence-corrected chi connectivity index (χ4v) is 3.43. The zero-order valence-electron chi connectivity index (χ0n) is 14.4. The number of nitrogens with one attached hydrogen (secondary N) is 1.